The van der Waals surface area contributed by atoms with Crippen LogP contribution in [-0.2, 0) is 11.3 Å². The minimum absolute atomic E-state index is 0.0732. The van der Waals surface area contributed by atoms with Crippen LogP contribution in [0.2, 0.25) is 0 Å². The van der Waals surface area contributed by atoms with Crippen LogP contribution < -0.4 is 14.8 Å². The van der Waals surface area contributed by atoms with E-state index in [-0.39, 0.29) is 12.0 Å². The molecule has 0 aromatic heterocycles. The summed E-state index contributed by atoms with van der Waals surface area (Å²) in [4.78, 5) is 11.9. The molecule has 0 saturated heterocycles. The van der Waals surface area contributed by atoms with Gasteiger partial charge in [-0.1, -0.05) is 36.4 Å². The van der Waals surface area contributed by atoms with Crippen molar-refractivity contribution in [1.29, 1.82) is 0 Å². The van der Waals surface area contributed by atoms with E-state index in [4.69, 9.17) is 9.47 Å². The van der Waals surface area contributed by atoms with Crippen LogP contribution in [0.1, 0.15) is 25.0 Å². The highest BCUT2D eigenvalue weighted by molar-refractivity contribution is 5.91. The summed E-state index contributed by atoms with van der Waals surface area (Å²) in [5, 5.41) is 2.85. The number of benzene rings is 2. The number of ether oxygens (including phenoxy) is 2. The number of carbonyl (C=O) groups is 1. The molecule has 0 bridgehead atoms. The van der Waals surface area contributed by atoms with Crippen LogP contribution >= 0.6 is 0 Å². The summed E-state index contributed by atoms with van der Waals surface area (Å²) in [5.74, 6) is 1.20. The standard InChI is InChI=1S/C20H23NO3/c1-15(2)24-18-11-9-16(13-19(18)23-3)10-12-20(22)21-14-17-7-5-4-6-8-17/h4-13,15H,14H2,1-3H3,(H,21,22). The number of amides is 1. The topological polar surface area (TPSA) is 47.6 Å². The average molecular weight is 325 g/mol. The van der Waals surface area contributed by atoms with E-state index >= 15 is 0 Å². The third kappa shape index (κ3) is 5.47. The first-order valence-electron chi connectivity index (χ1n) is 7.93. The molecule has 4 nitrogen and oxygen atoms in total. The van der Waals surface area contributed by atoms with Gasteiger partial charge in [0, 0.05) is 12.6 Å². The maximum absolute atomic E-state index is 11.9. The molecule has 2 aromatic carbocycles. The molecular weight excluding hydrogens is 302 g/mol. The van der Waals surface area contributed by atoms with Gasteiger partial charge in [0.25, 0.3) is 0 Å². The molecule has 0 aliphatic rings. The van der Waals surface area contributed by atoms with Gasteiger partial charge >= 0.3 is 0 Å². The second-order valence-corrected chi connectivity index (χ2v) is 5.61. The summed E-state index contributed by atoms with van der Waals surface area (Å²) in [6.45, 7) is 4.43. The van der Waals surface area contributed by atoms with E-state index in [9.17, 15) is 4.79 Å². The first kappa shape index (κ1) is 17.6. The maximum Gasteiger partial charge on any atom is 0.244 e. The summed E-state index contributed by atoms with van der Waals surface area (Å²) >= 11 is 0. The van der Waals surface area contributed by atoms with Crippen molar-refractivity contribution in [2.45, 2.75) is 26.5 Å². The number of rotatable bonds is 7. The molecule has 0 radical (unpaired) electrons. The van der Waals surface area contributed by atoms with Crippen molar-refractivity contribution in [3.05, 3.63) is 65.7 Å². The first-order chi connectivity index (χ1) is 11.6. The average Bonchev–Trinajstić information content (AvgIpc) is 2.59. The molecule has 2 rings (SSSR count). The second kappa shape index (κ2) is 8.77. The van der Waals surface area contributed by atoms with Gasteiger partial charge in [0.2, 0.25) is 5.91 Å². The molecule has 0 unspecified atom stereocenters. The second-order valence-electron chi connectivity index (χ2n) is 5.61. The summed E-state index contributed by atoms with van der Waals surface area (Å²) in [5.41, 5.74) is 1.94. The highest BCUT2D eigenvalue weighted by Crippen LogP contribution is 2.29. The summed E-state index contributed by atoms with van der Waals surface area (Å²) in [7, 11) is 1.60. The Morgan fingerprint density at radius 3 is 2.54 bits per heavy atom. The molecule has 2 aromatic rings. The quantitative estimate of drug-likeness (QED) is 0.788. The molecule has 126 valence electrons. The fourth-order valence-corrected chi connectivity index (χ4v) is 2.16. The molecule has 0 aliphatic heterocycles. The minimum atomic E-state index is -0.139. The highest BCUT2D eigenvalue weighted by atomic mass is 16.5. The summed E-state index contributed by atoms with van der Waals surface area (Å²) in [6.07, 6.45) is 3.34. The number of methoxy groups -OCH3 is 1. The van der Waals surface area contributed by atoms with Gasteiger partial charge in [-0.05, 0) is 43.2 Å². The molecule has 1 amide bonds. The molecule has 1 N–H and O–H groups in total. The van der Waals surface area contributed by atoms with Crippen molar-refractivity contribution in [2.24, 2.45) is 0 Å². The fraction of sp³-hybridized carbons (Fsp3) is 0.250. The Balaban J connectivity index is 1.96. The van der Waals surface area contributed by atoms with Crippen LogP contribution in [0, 0.1) is 0 Å². The summed E-state index contributed by atoms with van der Waals surface area (Å²) < 4.78 is 11.0. The van der Waals surface area contributed by atoms with Crippen molar-refractivity contribution in [3.63, 3.8) is 0 Å². The third-order valence-corrected chi connectivity index (χ3v) is 3.29. The molecule has 0 fully saturated rings. The van der Waals surface area contributed by atoms with Gasteiger partial charge in [0.05, 0.1) is 13.2 Å². The van der Waals surface area contributed by atoms with Gasteiger partial charge in [0.15, 0.2) is 11.5 Å². The Kier molecular flexibility index (Phi) is 6.43. The molecule has 0 aliphatic carbocycles. The lowest BCUT2D eigenvalue weighted by atomic mass is 10.2. The molecule has 4 heteroatoms. The number of hydrogen-bond acceptors (Lipinski definition) is 3. The number of nitrogens with one attached hydrogen (secondary N) is 1. The third-order valence-electron chi connectivity index (χ3n) is 3.29. The van der Waals surface area contributed by atoms with Crippen molar-refractivity contribution >= 4 is 12.0 Å². The van der Waals surface area contributed by atoms with E-state index < -0.39 is 0 Å². The fourth-order valence-electron chi connectivity index (χ4n) is 2.16. The predicted octanol–water partition coefficient (Wildman–Crippen LogP) is 3.81. The molecule has 0 saturated carbocycles. The zero-order chi connectivity index (χ0) is 17.4. The molecule has 0 heterocycles. The van der Waals surface area contributed by atoms with Crippen LogP contribution in [0.4, 0.5) is 0 Å². The monoisotopic (exact) mass is 325 g/mol. The van der Waals surface area contributed by atoms with Crippen LogP contribution in [-0.4, -0.2) is 19.1 Å². The largest absolute Gasteiger partial charge is 0.493 e. The summed E-state index contributed by atoms with van der Waals surface area (Å²) in [6, 6.07) is 15.4. The van der Waals surface area contributed by atoms with E-state index in [1.165, 1.54) is 6.08 Å². The minimum Gasteiger partial charge on any atom is -0.493 e. The molecule has 0 spiro atoms. The SMILES string of the molecule is COc1cc(C=CC(=O)NCc2ccccc2)ccc1OC(C)C. The van der Waals surface area contributed by atoms with Crippen LogP contribution in [0.5, 0.6) is 11.5 Å². The lowest BCUT2D eigenvalue weighted by Crippen LogP contribution is -2.20. The lowest BCUT2D eigenvalue weighted by Gasteiger charge is -2.13. The Hall–Kier alpha value is -2.75. The van der Waals surface area contributed by atoms with E-state index in [1.54, 1.807) is 13.2 Å². The predicted molar refractivity (Wildman–Crippen MR) is 96.1 cm³/mol. The maximum atomic E-state index is 11.9. The van der Waals surface area contributed by atoms with Gasteiger partial charge in [-0.3, -0.25) is 4.79 Å². The van der Waals surface area contributed by atoms with Gasteiger partial charge in [0.1, 0.15) is 0 Å². The Morgan fingerprint density at radius 2 is 1.88 bits per heavy atom. The van der Waals surface area contributed by atoms with E-state index in [0.717, 1.165) is 11.1 Å². The van der Waals surface area contributed by atoms with Crippen molar-refractivity contribution in [2.75, 3.05) is 7.11 Å². The van der Waals surface area contributed by atoms with Crippen molar-refractivity contribution < 1.29 is 14.3 Å². The van der Waals surface area contributed by atoms with Gasteiger partial charge in [-0.25, -0.2) is 0 Å². The molecule has 0 atom stereocenters. The van der Waals surface area contributed by atoms with E-state index in [1.807, 2.05) is 62.4 Å². The van der Waals surface area contributed by atoms with Crippen LogP contribution in [0.15, 0.2) is 54.6 Å². The molecular formula is C20H23NO3. The highest BCUT2D eigenvalue weighted by Gasteiger charge is 2.06. The van der Waals surface area contributed by atoms with Crippen LogP contribution in [0.25, 0.3) is 6.08 Å². The zero-order valence-corrected chi connectivity index (χ0v) is 14.3. The Labute approximate surface area is 143 Å². The Morgan fingerprint density at radius 1 is 1.12 bits per heavy atom. The van der Waals surface area contributed by atoms with Gasteiger partial charge in [-0.15, -0.1) is 0 Å². The van der Waals surface area contributed by atoms with Gasteiger partial charge < -0.3 is 14.8 Å². The lowest BCUT2D eigenvalue weighted by molar-refractivity contribution is -0.116. The zero-order valence-electron chi connectivity index (χ0n) is 14.3. The van der Waals surface area contributed by atoms with Crippen molar-refractivity contribution in [1.82, 2.24) is 5.32 Å². The van der Waals surface area contributed by atoms with E-state index in [2.05, 4.69) is 5.32 Å². The first-order valence-corrected chi connectivity index (χ1v) is 7.93. The molecule has 24 heavy (non-hydrogen) atoms. The number of carbonyl (C=O) groups excluding carboxylic acids is 1. The number of hydrogen-bond donors (Lipinski definition) is 1. The normalized spacial score (nSPS) is 10.8. The van der Waals surface area contributed by atoms with E-state index in [0.29, 0.717) is 18.0 Å². The van der Waals surface area contributed by atoms with Crippen LogP contribution in [0.3, 0.4) is 0 Å². The smallest absolute Gasteiger partial charge is 0.244 e. The Bertz CT molecular complexity index is 693. The van der Waals surface area contributed by atoms with Crippen molar-refractivity contribution in [3.8, 4) is 11.5 Å². The van der Waals surface area contributed by atoms with Gasteiger partial charge in [-0.2, -0.15) is 0 Å².